The van der Waals surface area contributed by atoms with Crippen molar-refractivity contribution in [3.8, 4) is 0 Å². The normalized spacial score (nSPS) is 16.8. The molecule has 0 N–H and O–H groups in total. The van der Waals surface area contributed by atoms with Crippen LogP contribution < -0.4 is 0 Å². The van der Waals surface area contributed by atoms with Crippen molar-refractivity contribution in [1.82, 2.24) is 13.5 Å². The maximum atomic E-state index is 12.0. The molecule has 22 heavy (non-hydrogen) atoms. The molecule has 1 amide bonds. The van der Waals surface area contributed by atoms with Gasteiger partial charge in [-0.05, 0) is 5.56 Å². The van der Waals surface area contributed by atoms with Crippen LogP contribution >= 0.6 is 0 Å². The van der Waals surface area contributed by atoms with Gasteiger partial charge in [0.15, 0.2) is 0 Å². The average molecular weight is 327 g/mol. The first-order valence-electron chi connectivity index (χ1n) is 7.04. The van der Waals surface area contributed by atoms with E-state index in [9.17, 15) is 13.2 Å². The Morgan fingerprint density at radius 3 is 2.27 bits per heavy atom. The van der Waals surface area contributed by atoms with Crippen molar-refractivity contribution in [3.05, 3.63) is 35.9 Å². The monoisotopic (exact) mass is 327 g/mol. The van der Waals surface area contributed by atoms with Gasteiger partial charge in [0.25, 0.3) is 10.2 Å². The van der Waals surface area contributed by atoms with E-state index in [-0.39, 0.29) is 19.7 Å². The van der Waals surface area contributed by atoms with E-state index in [1.807, 2.05) is 30.3 Å². The molecule has 7 nitrogen and oxygen atoms in total. The van der Waals surface area contributed by atoms with Gasteiger partial charge in [0.2, 0.25) is 0 Å². The summed E-state index contributed by atoms with van der Waals surface area (Å²) in [6, 6.07) is 9.43. The summed E-state index contributed by atoms with van der Waals surface area (Å²) in [4.78, 5) is 13.5. The third-order valence-electron chi connectivity index (χ3n) is 3.49. The lowest BCUT2D eigenvalue weighted by molar-refractivity contribution is 0.0832. The smallest absolute Gasteiger partial charge is 0.410 e. The zero-order valence-corrected chi connectivity index (χ0v) is 13.6. The van der Waals surface area contributed by atoms with Crippen molar-refractivity contribution in [2.24, 2.45) is 0 Å². The molecule has 1 aromatic rings. The second kappa shape index (κ2) is 7.08. The van der Waals surface area contributed by atoms with Crippen molar-refractivity contribution in [2.75, 3.05) is 40.3 Å². The van der Waals surface area contributed by atoms with E-state index in [2.05, 4.69) is 0 Å². The third kappa shape index (κ3) is 3.96. The first-order chi connectivity index (χ1) is 10.4. The van der Waals surface area contributed by atoms with Gasteiger partial charge in [-0.15, -0.1) is 0 Å². The molecule has 0 atom stereocenters. The third-order valence-corrected chi connectivity index (χ3v) is 5.43. The molecule has 1 aromatic carbocycles. The highest BCUT2D eigenvalue weighted by atomic mass is 32.2. The quantitative estimate of drug-likeness (QED) is 0.818. The molecule has 0 spiro atoms. The van der Waals surface area contributed by atoms with Gasteiger partial charge >= 0.3 is 6.09 Å². The van der Waals surface area contributed by atoms with Gasteiger partial charge in [0.1, 0.15) is 6.61 Å². The fourth-order valence-corrected chi connectivity index (χ4v) is 3.23. The maximum Gasteiger partial charge on any atom is 0.410 e. The van der Waals surface area contributed by atoms with Gasteiger partial charge in [-0.25, -0.2) is 4.79 Å². The highest BCUT2D eigenvalue weighted by Crippen LogP contribution is 2.11. The molecular weight excluding hydrogens is 306 g/mol. The molecule has 1 heterocycles. The molecule has 1 aliphatic heterocycles. The predicted octanol–water partition coefficient (Wildman–Crippen LogP) is 0.747. The SMILES string of the molecule is CN(C)S(=O)(=O)N1CCN(C(=O)OCc2ccccc2)CC1. The number of hydrogen-bond acceptors (Lipinski definition) is 4. The van der Waals surface area contributed by atoms with Crippen LogP contribution in [0.4, 0.5) is 4.79 Å². The summed E-state index contributed by atoms with van der Waals surface area (Å²) in [6.07, 6.45) is -0.411. The standard InChI is InChI=1S/C14H21N3O4S/c1-15(2)22(19,20)17-10-8-16(9-11-17)14(18)21-12-13-6-4-3-5-7-13/h3-7H,8-12H2,1-2H3. The van der Waals surface area contributed by atoms with Gasteiger partial charge in [0, 0.05) is 40.3 Å². The number of ether oxygens (including phenoxy) is 1. The van der Waals surface area contributed by atoms with E-state index in [1.165, 1.54) is 27.6 Å². The lowest BCUT2D eigenvalue weighted by atomic mass is 10.2. The number of nitrogens with zero attached hydrogens (tertiary/aromatic N) is 3. The van der Waals surface area contributed by atoms with Crippen molar-refractivity contribution in [2.45, 2.75) is 6.61 Å². The summed E-state index contributed by atoms with van der Waals surface area (Å²) in [6.45, 7) is 1.44. The molecule has 2 rings (SSSR count). The lowest BCUT2D eigenvalue weighted by Gasteiger charge is -2.34. The number of carbonyl (C=O) groups excluding carboxylic acids is 1. The van der Waals surface area contributed by atoms with Gasteiger partial charge in [-0.1, -0.05) is 30.3 Å². The Bertz CT molecular complexity index is 596. The van der Waals surface area contributed by atoms with E-state index >= 15 is 0 Å². The molecule has 0 bridgehead atoms. The number of benzene rings is 1. The molecule has 1 aliphatic rings. The zero-order valence-electron chi connectivity index (χ0n) is 12.8. The Labute approximate surface area is 131 Å². The van der Waals surface area contributed by atoms with Crippen LogP contribution in [0.3, 0.4) is 0 Å². The maximum absolute atomic E-state index is 12.0. The summed E-state index contributed by atoms with van der Waals surface area (Å²) in [5.41, 5.74) is 0.921. The molecule has 1 saturated heterocycles. The number of rotatable bonds is 4. The Hall–Kier alpha value is -1.64. The first-order valence-corrected chi connectivity index (χ1v) is 8.44. The van der Waals surface area contributed by atoms with E-state index in [1.54, 1.807) is 0 Å². The molecule has 1 fully saturated rings. The second-order valence-electron chi connectivity index (χ2n) is 5.22. The number of piperazine rings is 1. The van der Waals surface area contributed by atoms with Crippen molar-refractivity contribution >= 4 is 16.3 Å². The van der Waals surface area contributed by atoms with Crippen molar-refractivity contribution < 1.29 is 17.9 Å². The van der Waals surface area contributed by atoms with Crippen LogP contribution in [0.15, 0.2) is 30.3 Å². The molecule has 0 aliphatic carbocycles. The lowest BCUT2D eigenvalue weighted by Crippen LogP contribution is -2.53. The van der Waals surface area contributed by atoms with Crippen LogP contribution in [0.25, 0.3) is 0 Å². The van der Waals surface area contributed by atoms with Gasteiger partial charge in [0.05, 0.1) is 0 Å². The highest BCUT2D eigenvalue weighted by molar-refractivity contribution is 7.86. The number of hydrogen-bond donors (Lipinski definition) is 0. The second-order valence-corrected chi connectivity index (χ2v) is 7.36. The zero-order chi connectivity index (χ0) is 16.2. The summed E-state index contributed by atoms with van der Waals surface area (Å²) in [5, 5.41) is 0. The minimum absolute atomic E-state index is 0.218. The summed E-state index contributed by atoms with van der Waals surface area (Å²) in [7, 11) is -0.425. The fraction of sp³-hybridized carbons (Fsp3) is 0.500. The molecule has 0 aromatic heterocycles. The van der Waals surface area contributed by atoms with E-state index in [4.69, 9.17) is 4.74 Å². The minimum Gasteiger partial charge on any atom is -0.445 e. The first kappa shape index (κ1) is 16.7. The van der Waals surface area contributed by atoms with E-state index in [0.29, 0.717) is 13.1 Å². The molecule has 8 heteroatoms. The average Bonchev–Trinajstić information content (AvgIpc) is 2.53. The number of carbonyl (C=O) groups is 1. The van der Waals surface area contributed by atoms with Gasteiger partial charge in [-0.3, -0.25) is 0 Å². The van der Waals surface area contributed by atoms with Crippen LogP contribution in [0.1, 0.15) is 5.56 Å². The molecule has 0 radical (unpaired) electrons. The Morgan fingerprint density at radius 2 is 1.73 bits per heavy atom. The molecular formula is C14H21N3O4S. The van der Waals surface area contributed by atoms with Crippen LogP contribution in [0, 0.1) is 0 Å². The minimum atomic E-state index is -3.42. The Morgan fingerprint density at radius 1 is 1.14 bits per heavy atom. The van der Waals surface area contributed by atoms with Crippen LogP contribution in [-0.4, -0.2) is 68.3 Å². The van der Waals surface area contributed by atoms with Crippen LogP contribution in [0.5, 0.6) is 0 Å². The molecule has 122 valence electrons. The van der Waals surface area contributed by atoms with E-state index in [0.717, 1.165) is 5.56 Å². The van der Waals surface area contributed by atoms with Crippen molar-refractivity contribution in [3.63, 3.8) is 0 Å². The summed E-state index contributed by atoms with van der Waals surface area (Å²) < 4.78 is 31.8. The van der Waals surface area contributed by atoms with Crippen molar-refractivity contribution in [1.29, 1.82) is 0 Å². The largest absolute Gasteiger partial charge is 0.445 e. The van der Waals surface area contributed by atoms with Gasteiger partial charge < -0.3 is 9.64 Å². The molecule has 0 unspecified atom stereocenters. The molecule has 0 saturated carbocycles. The van der Waals surface area contributed by atoms with Gasteiger partial charge in [-0.2, -0.15) is 17.0 Å². The van der Waals surface area contributed by atoms with Crippen LogP contribution in [-0.2, 0) is 21.6 Å². The topological polar surface area (TPSA) is 70.2 Å². The fourth-order valence-electron chi connectivity index (χ4n) is 2.14. The van der Waals surface area contributed by atoms with Crippen LogP contribution in [0.2, 0.25) is 0 Å². The predicted molar refractivity (Wildman–Crippen MR) is 82.4 cm³/mol. The number of amides is 1. The Balaban J connectivity index is 1.83. The summed E-state index contributed by atoms with van der Waals surface area (Å²) in [5.74, 6) is 0. The van der Waals surface area contributed by atoms with E-state index < -0.39 is 16.3 Å². The summed E-state index contributed by atoms with van der Waals surface area (Å²) >= 11 is 0. The highest BCUT2D eigenvalue weighted by Gasteiger charge is 2.30. The Kier molecular flexibility index (Phi) is 5.38.